The minimum atomic E-state index is -2.13. The topological polar surface area (TPSA) is 102 Å². The van der Waals surface area contributed by atoms with Crippen LogP contribution in [0.3, 0.4) is 0 Å². The van der Waals surface area contributed by atoms with Gasteiger partial charge in [-0.3, -0.25) is 9.59 Å². The number of amides is 2. The average Bonchev–Trinajstić information content (AvgIpc) is 2.94. The number of nitrogens with zero attached hydrogens (tertiary/aromatic N) is 1. The Labute approximate surface area is 233 Å². The first-order valence-electron chi connectivity index (χ1n) is 12.1. The first kappa shape index (κ1) is 28.1. The Morgan fingerprint density at radius 1 is 0.974 bits per heavy atom. The van der Waals surface area contributed by atoms with E-state index in [1.807, 2.05) is 60.7 Å². The van der Waals surface area contributed by atoms with Crippen molar-refractivity contribution in [3.63, 3.8) is 0 Å². The Bertz CT molecular complexity index is 1320. The number of likely N-dealkylation sites (tertiary alicyclic amines) is 1. The van der Waals surface area contributed by atoms with E-state index in [1.54, 1.807) is 37.3 Å². The molecule has 1 aliphatic heterocycles. The van der Waals surface area contributed by atoms with Gasteiger partial charge < -0.3 is 19.7 Å². The molecule has 0 aromatic heterocycles. The second-order valence-electron chi connectivity index (χ2n) is 8.92. The number of para-hydroxylation sites is 1. The van der Waals surface area contributed by atoms with Crippen LogP contribution in [-0.2, 0) is 29.1 Å². The molecule has 1 heterocycles. The van der Waals surface area contributed by atoms with E-state index >= 15 is 0 Å². The molecule has 1 N–H and O–H groups in total. The standard InChI is InChI=1S/C29H27ClN2O6S/c1-19(2)25(29(35)38-26(20-12-6-3-7-13-20)21-14-8-4-9-15-21)32-27(34)24(28(32)39(30)36)31-23(33)18-37-22-16-10-5-11-17-22/h3-17,24-26,28H,1,18H2,2H3,(H,31,33). The predicted octanol–water partition coefficient (Wildman–Crippen LogP) is 3.90. The van der Waals surface area contributed by atoms with Crippen molar-refractivity contribution in [3.8, 4) is 5.75 Å². The number of ether oxygens (including phenoxy) is 2. The van der Waals surface area contributed by atoms with E-state index in [0.717, 1.165) is 16.0 Å². The quantitative estimate of drug-likeness (QED) is 0.163. The van der Waals surface area contributed by atoms with Crippen LogP contribution in [0.15, 0.2) is 103 Å². The number of carbonyl (C=O) groups excluding carboxylic acids is 3. The van der Waals surface area contributed by atoms with Crippen molar-refractivity contribution in [2.45, 2.75) is 30.5 Å². The van der Waals surface area contributed by atoms with Gasteiger partial charge in [-0.05, 0) is 46.4 Å². The van der Waals surface area contributed by atoms with E-state index < -0.39 is 51.4 Å². The molecule has 2 amide bonds. The van der Waals surface area contributed by atoms with E-state index in [4.69, 9.17) is 20.2 Å². The zero-order chi connectivity index (χ0) is 27.9. The fraction of sp³-hybridized carbons (Fsp3) is 0.207. The Hall–Kier alpha value is -3.95. The van der Waals surface area contributed by atoms with Crippen molar-refractivity contribution < 1.29 is 28.1 Å². The molecule has 0 aliphatic carbocycles. The average molecular weight is 567 g/mol. The molecule has 39 heavy (non-hydrogen) atoms. The van der Waals surface area contributed by atoms with Crippen LogP contribution in [0, 0.1) is 0 Å². The molecule has 3 aromatic carbocycles. The normalized spacial score (nSPS) is 18.0. The fourth-order valence-corrected chi connectivity index (χ4v) is 5.66. The molecule has 1 saturated heterocycles. The summed E-state index contributed by atoms with van der Waals surface area (Å²) >= 11 is 0. The predicted molar refractivity (Wildman–Crippen MR) is 148 cm³/mol. The molecule has 1 aliphatic rings. The highest BCUT2D eigenvalue weighted by molar-refractivity contribution is 8.08. The van der Waals surface area contributed by atoms with E-state index in [2.05, 4.69) is 11.9 Å². The minimum absolute atomic E-state index is 0.289. The molecule has 8 nitrogen and oxygen atoms in total. The number of β-lactam (4-membered cyclic amide) rings is 1. The molecular formula is C29H27ClN2O6S. The third kappa shape index (κ3) is 6.55. The number of hydrogen-bond acceptors (Lipinski definition) is 6. The monoisotopic (exact) mass is 566 g/mol. The third-order valence-corrected chi connectivity index (χ3v) is 7.53. The first-order valence-corrected chi connectivity index (χ1v) is 14.1. The molecule has 4 atom stereocenters. The lowest BCUT2D eigenvalue weighted by Gasteiger charge is -2.48. The lowest BCUT2D eigenvalue weighted by Crippen LogP contribution is -2.75. The number of esters is 1. The maximum absolute atomic E-state index is 13.6. The maximum atomic E-state index is 13.6. The molecule has 3 aromatic rings. The van der Waals surface area contributed by atoms with Crippen molar-refractivity contribution in [3.05, 3.63) is 114 Å². The van der Waals surface area contributed by atoms with Crippen molar-refractivity contribution in [2.75, 3.05) is 6.61 Å². The summed E-state index contributed by atoms with van der Waals surface area (Å²) in [6, 6.07) is 24.5. The molecule has 1 fully saturated rings. The molecular weight excluding hydrogens is 540 g/mol. The maximum Gasteiger partial charge on any atom is 0.334 e. The van der Waals surface area contributed by atoms with Crippen molar-refractivity contribution in [1.82, 2.24) is 10.2 Å². The van der Waals surface area contributed by atoms with Gasteiger partial charge in [0.15, 0.2) is 24.1 Å². The number of rotatable bonds is 11. The number of carbonyl (C=O) groups is 3. The first-order chi connectivity index (χ1) is 18.8. The van der Waals surface area contributed by atoms with Gasteiger partial charge in [-0.15, -0.1) is 0 Å². The Morgan fingerprint density at radius 3 is 1.97 bits per heavy atom. The van der Waals surface area contributed by atoms with Crippen LogP contribution in [-0.4, -0.2) is 51.0 Å². The van der Waals surface area contributed by atoms with Gasteiger partial charge in [0, 0.05) is 0 Å². The molecule has 202 valence electrons. The van der Waals surface area contributed by atoms with Crippen molar-refractivity contribution in [2.24, 2.45) is 0 Å². The molecule has 0 saturated carbocycles. The van der Waals surface area contributed by atoms with E-state index in [1.165, 1.54) is 0 Å². The molecule has 0 spiro atoms. The van der Waals surface area contributed by atoms with Crippen molar-refractivity contribution in [1.29, 1.82) is 0 Å². The number of benzene rings is 3. The van der Waals surface area contributed by atoms with Crippen LogP contribution >= 0.6 is 10.7 Å². The highest BCUT2D eigenvalue weighted by Crippen LogP contribution is 2.33. The summed E-state index contributed by atoms with van der Waals surface area (Å²) in [4.78, 5) is 40.3. The highest BCUT2D eigenvalue weighted by atomic mass is 35.7. The van der Waals surface area contributed by atoms with Crippen LogP contribution in [0.25, 0.3) is 0 Å². The largest absolute Gasteiger partial charge is 0.484 e. The summed E-state index contributed by atoms with van der Waals surface area (Å²) in [5.74, 6) is -1.53. The van der Waals surface area contributed by atoms with Gasteiger partial charge in [0.2, 0.25) is 5.91 Å². The Kier molecular flexibility index (Phi) is 9.16. The van der Waals surface area contributed by atoms with Gasteiger partial charge in [-0.25, -0.2) is 9.00 Å². The van der Waals surface area contributed by atoms with Gasteiger partial charge in [-0.2, -0.15) is 0 Å². The molecule has 4 unspecified atom stereocenters. The Balaban J connectivity index is 1.51. The summed E-state index contributed by atoms with van der Waals surface area (Å²) in [6.45, 7) is 5.06. The van der Waals surface area contributed by atoms with Gasteiger partial charge >= 0.3 is 5.97 Å². The zero-order valence-corrected chi connectivity index (χ0v) is 22.6. The van der Waals surface area contributed by atoms with Crippen LogP contribution < -0.4 is 10.1 Å². The van der Waals surface area contributed by atoms with Crippen LogP contribution in [0.5, 0.6) is 5.75 Å². The lowest BCUT2D eigenvalue weighted by atomic mass is 9.98. The summed E-state index contributed by atoms with van der Waals surface area (Å²) in [5.41, 5.74) is 1.75. The smallest absolute Gasteiger partial charge is 0.334 e. The summed E-state index contributed by atoms with van der Waals surface area (Å²) in [5, 5.41) is 1.33. The second-order valence-corrected chi connectivity index (χ2v) is 10.8. The second kappa shape index (κ2) is 12.7. The van der Waals surface area contributed by atoms with Gasteiger partial charge in [0.25, 0.3) is 5.91 Å². The lowest BCUT2D eigenvalue weighted by molar-refractivity contribution is -0.165. The van der Waals surface area contributed by atoms with Crippen LogP contribution in [0.1, 0.15) is 24.2 Å². The summed E-state index contributed by atoms with van der Waals surface area (Å²) in [7, 11) is 3.83. The minimum Gasteiger partial charge on any atom is -0.484 e. The zero-order valence-electron chi connectivity index (χ0n) is 21.1. The highest BCUT2D eigenvalue weighted by Gasteiger charge is 2.56. The van der Waals surface area contributed by atoms with Gasteiger partial charge in [0.1, 0.15) is 21.8 Å². The van der Waals surface area contributed by atoms with E-state index in [-0.39, 0.29) is 12.2 Å². The van der Waals surface area contributed by atoms with Crippen molar-refractivity contribution >= 4 is 38.5 Å². The number of nitrogens with one attached hydrogen (secondary N) is 1. The van der Waals surface area contributed by atoms with Crippen LogP contribution in [0.4, 0.5) is 0 Å². The van der Waals surface area contributed by atoms with E-state index in [9.17, 15) is 18.6 Å². The fourth-order valence-electron chi connectivity index (χ4n) is 4.29. The SMILES string of the molecule is C=C(C)C(C(=O)OC(c1ccccc1)c1ccccc1)N1C(=O)C(NC(=O)COc2ccccc2)C1S(=O)Cl. The number of halogens is 1. The molecule has 0 radical (unpaired) electrons. The van der Waals surface area contributed by atoms with Gasteiger partial charge in [0.05, 0.1) is 0 Å². The van der Waals surface area contributed by atoms with Crippen LogP contribution in [0.2, 0.25) is 0 Å². The van der Waals surface area contributed by atoms with E-state index in [0.29, 0.717) is 5.75 Å². The third-order valence-electron chi connectivity index (χ3n) is 6.11. The van der Waals surface area contributed by atoms with Gasteiger partial charge in [-0.1, -0.05) is 85.4 Å². The molecule has 4 rings (SSSR count). The summed E-state index contributed by atoms with van der Waals surface area (Å²) < 4.78 is 23.8. The Morgan fingerprint density at radius 2 is 1.49 bits per heavy atom. The molecule has 0 bridgehead atoms. The molecule has 10 heteroatoms. The summed E-state index contributed by atoms with van der Waals surface area (Å²) in [6.07, 6.45) is -0.760. The number of hydrogen-bond donors (Lipinski definition) is 1.